The number of rotatable bonds is 5. The second kappa shape index (κ2) is 7.43. The summed E-state index contributed by atoms with van der Waals surface area (Å²) in [5.74, 6) is 1.98. The Morgan fingerprint density at radius 2 is 1.93 bits per heavy atom. The van der Waals surface area contributed by atoms with Crippen molar-refractivity contribution in [1.29, 1.82) is 0 Å². The fraction of sp³-hybridized carbons (Fsp3) is 0.211. The highest BCUT2D eigenvalue weighted by Gasteiger charge is 2.20. The van der Waals surface area contributed by atoms with Gasteiger partial charge in [-0.05, 0) is 54.8 Å². The van der Waals surface area contributed by atoms with Crippen LogP contribution in [0.3, 0.4) is 0 Å². The second-order valence-electron chi connectivity index (χ2n) is 6.38. The molecule has 3 aromatic rings. The molecule has 0 amide bonds. The van der Waals surface area contributed by atoms with E-state index in [9.17, 15) is 10.1 Å². The molecule has 0 aliphatic carbocycles. The molecule has 0 bridgehead atoms. The molecule has 0 fully saturated rings. The maximum atomic E-state index is 10.8. The van der Waals surface area contributed by atoms with Crippen LogP contribution in [-0.2, 0) is 6.61 Å². The third-order valence-electron chi connectivity index (χ3n) is 4.49. The minimum absolute atomic E-state index is 0.0558. The highest BCUT2D eigenvalue weighted by atomic mass is 32.2. The van der Waals surface area contributed by atoms with Crippen LogP contribution in [0.4, 0.5) is 5.69 Å². The van der Waals surface area contributed by atoms with E-state index in [0.29, 0.717) is 16.7 Å². The van der Waals surface area contributed by atoms with Crippen molar-refractivity contribution < 1.29 is 9.66 Å². The number of non-ortho nitro benzene ring substituents is 1. The molecule has 9 heteroatoms. The summed E-state index contributed by atoms with van der Waals surface area (Å²) in [6.07, 6.45) is 0. The van der Waals surface area contributed by atoms with E-state index in [-0.39, 0.29) is 12.3 Å². The van der Waals surface area contributed by atoms with Gasteiger partial charge in [0.2, 0.25) is 5.16 Å². The zero-order valence-corrected chi connectivity index (χ0v) is 16.1. The van der Waals surface area contributed by atoms with Gasteiger partial charge in [-0.2, -0.15) is 9.78 Å². The van der Waals surface area contributed by atoms with Crippen molar-refractivity contribution >= 4 is 23.2 Å². The summed E-state index contributed by atoms with van der Waals surface area (Å²) in [5, 5.41) is 24.5. The van der Waals surface area contributed by atoms with E-state index in [0.717, 1.165) is 22.6 Å². The molecule has 0 unspecified atom stereocenters. The van der Waals surface area contributed by atoms with Gasteiger partial charge in [0.1, 0.15) is 12.4 Å². The molecular weight excluding hydrogens is 378 g/mol. The summed E-state index contributed by atoms with van der Waals surface area (Å²) in [5.41, 5.74) is 4.06. The summed E-state index contributed by atoms with van der Waals surface area (Å²) < 4.78 is 7.53. The Kier molecular flexibility index (Phi) is 4.82. The monoisotopic (exact) mass is 395 g/mol. The van der Waals surface area contributed by atoms with Crippen molar-refractivity contribution in [2.45, 2.75) is 25.6 Å². The van der Waals surface area contributed by atoms with Crippen LogP contribution in [0.5, 0.6) is 5.75 Å². The molecule has 2 aromatic carbocycles. The van der Waals surface area contributed by atoms with Gasteiger partial charge in [-0.1, -0.05) is 17.8 Å². The Labute approximate surface area is 165 Å². The first-order valence-corrected chi connectivity index (χ1v) is 9.59. The number of nitro groups is 1. The average Bonchev–Trinajstić information content (AvgIpc) is 3.11. The van der Waals surface area contributed by atoms with Gasteiger partial charge < -0.3 is 4.74 Å². The fourth-order valence-electron chi connectivity index (χ4n) is 2.73. The predicted molar refractivity (Wildman–Crippen MR) is 106 cm³/mol. The second-order valence-corrected chi connectivity index (χ2v) is 7.33. The Morgan fingerprint density at radius 3 is 2.64 bits per heavy atom. The minimum Gasteiger partial charge on any atom is -0.486 e. The lowest BCUT2D eigenvalue weighted by atomic mass is 10.1. The lowest BCUT2D eigenvalue weighted by Gasteiger charge is -2.14. The zero-order chi connectivity index (χ0) is 19.7. The number of ether oxygens (including phenoxy) is 1. The first-order valence-electron chi connectivity index (χ1n) is 8.61. The largest absolute Gasteiger partial charge is 0.486 e. The first kappa shape index (κ1) is 18.2. The summed E-state index contributed by atoms with van der Waals surface area (Å²) in [6, 6.07) is 12.3. The molecule has 0 saturated carbocycles. The number of nitrogens with zero attached hydrogens (tertiary/aromatic N) is 5. The molecule has 0 N–H and O–H groups in total. The van der Waals surface area contributed by atoms with Crippen LogP contribution in [0, 0.1) is 24.0 Å². The van der Waals surface area contributed by atoms with Crippen molar-refractivity contribution in [3.05, 3.63) is 75.1 Å². The number of hydrogen-bond acceptors (Lipinski definition) is 7. The molecule has 0 spiro atoms. The average molecular weight is 395 g/mol. The van der Waals surface area contributed by atoms with Crippen LogP contribution in [0.15, 0.2) is 52.7 Å². The molecule has 4 rings (SSSR count). The molecule has 2 heterocycles. The van der Waals surface area contributed by atoms with Gasteiger partial charge in [0.15, 0.2) is 5.82 Å². The lowest BCUT2D eigenvalue weighted by molar-refractivity contribution is -0.384. The Balaban J connectivity index is 1.55. The number of aryl methyl sites for hydroxylation is 2. The lowest BCUT2D eigenvalue weighted by Crippen LogP contribution is -2.15. The van der Waals surface area contributed by atoms with Crippen molar-refractivity contribution in [1.82, 2.24) is 14.9 Å². The fourth-order valence-corrected chi connectivity index (χ4v) is 3.58. The smallest absolute Gasteiger partial charge is 0.269 e. The third kappa shape index (κ3) is 3.61. The quantitative estimate of drug-likeness (QED) is 0.482. The Bertz CT molecular complexity index is 1080. The van der Waals surface area contributed by atoms with E-state index < -0.39 is 4.92 Å². The van der Waals surface area contributed by atoms with Gasteiger partial charge >= 0.3 is 0 Å². The molecule has 0 saturated heterocycles. The number of thioether (sulfide) groups is 1. The number of nitro benzene ring substituents is 1. The summed E-state index contributed by atoms with van der Waals surface area (Å²) in [4.78, 5) is 10.4. The first-order chi connectivity index (χ1) is 13.5. The normalized spacial score (nSPS) is 13.0. The molecule has 1 aliphatic rings. The highest BCUT2D eigenvalue weighted by molar-refractivity contribution is 7.99. The van der Waals surface area contributed by atoms with E-state index in [1.54, 1.807) is 16.8 Å². The molecule has 8 nitrogen and oxygen atoms in total. The van der Waals surface area contributed by atoms with Crippen LogP contribution < -0.4 is 4.74 Å². The maximum absolute atomic E-state index is 10.8. The number of aromatic nitrogens is 3. The van der Waals surface area contributed by atoms with Gasteiger partial charge in [-0.15, -0.1) is 10.2 Å². The van der Waals surface area contributed by atoms with Crippen LogP contribution in [-0.4, -0.2) is 31.3 Å². The van der Waals surface area contributed by atoms with E-state index in [2.05, 4.69) is 22.2 Å². The van der Waals surface area contributed by atoms with Gasteiger partial charge in [-0.25, -0.2) is 0 Å². The topological polar surface area (TPSA) is 95.4 Å². The van der Waals surface area contributed by atoms with Gasteiger partial charge in [0, 0.05) is 17.9 Å². The van der Waals surface area contributed by atoms with Crippen LogP contribution in [0.25, 0.3) is 0 Å². The summed E-state index contributed by atoms with van der Waals surface area (Å²) >= 11 is 1.52. The van der Waals surface area contributed by atoms with Crippen LogP contribution in [0.2, 0.25) is 0 Å². The van der Waals surface area contributed by atoms with Gasteiger partial charge in [0.25, 0.3) is 5.69 Å². The number of fused-ring (bicyclic) bond motifs is 1. The minimum atomic E-state index is -0.415. The molecule has 0 radical (unpaired) electrons. The van der Waals surface area contributed by atoms with Crippen molar-refractivity contribution in [3.63, 3.8) is 0 Å². The SMILES string of the molecule is Cc1ccc(OCc2nnc3n2N=C(c2ccc([N+](=O)[O-])cc2)CS3)cc1C. The zero-order valence-electron chi connectivity index (χ0n) is 15.3. The highest BCUT2D eigenvalue weighted by Crippen LogP contribution is 2.25. The number of hydrogen-bond donors (Lipinski definition) is 0. The molecule has 0 atom stereocenters. The molecule has 1 aromatic heterocycles. The van der Waals surface area contributed by atoms with E-state index >= 15 is 0 Å². The van der Waals surface area contributed by atoms with Crippen molar-refractivity contribution in [3.8, 4) is 5.75 Å². The molecule has 1 aliphatic heterocycles. The van der Waals surface area contributed by atoms with E-state index in [1.807, 2.05) is 25.1 Å². The maximum Gasteiger partial charge on any atom is 0.269 e. The Morgan fingerprint density at radius 1 is 1.14 bits per heavy atom. The van der Waals surface area contributed by atoms with Gasteiger partial charge in [0.05, 0.1) is 10.6 Å². The molecule has 28 heavy (non-hydrogen) atoms. The summed E-state index contributed by atoms with van der Waals surface area (Å²) in [6.45, 7) is 4.34. The van der Waals surface area contributed by atoms with Crippen molar-refractivity contribution in [2.75, 3.05) is 5.75 Å². The molecule has 142 valence electrons. The van der Waals surface area contributed by atoms with Gasteiger partial charge in [-0.3, -0.25) is 10.1 Å². The van der Waals surface area contributed by atoms with Crippen molar-refractivity contribution in [2.24, 2.45) is 5.10 Å². The van der Waals surface area contributed by atoms with Crippen LogP contribution >= 0.6 is 11.8 Å². The predicted octanol–water partition coefficient (Wildman–Crippen LogP) is 3.74. The Hall–Kier alpha value is -3.20. The standard InChI is InChI=1S/C19H17N5O3S/c1-12-3-8-16(9-13(12)2)27-10-18-20-21-19-23(18)22-17(11-28-19)14-4-6-15(7-5-14)24(25)26/h3-9H,10-11H2,1-2H3. The van der Waals surface area contributed by atoms with E-state index in [1.165, 1.54) is 29.5 Å². The van der Waals surface area contributed by atoms with Crippen LogP contribution in [0.1, 0.15) is 22.5 Å². The third-order valence-corrected chi connectivity index (χ3v) is 5.42. The summed E-state index contributed by atoms with van der Waals surface area (Å²) in [7, 11) is 0. The number of benzene rings is 2. The van der Waals surface area contributed by atoms with E-state index in [4.69, 9.17) is 4.74 Å². The molecular formula is C19H17N5O3S.